The van der Waals surface area contributed by atoms with Crippen molar-refractivity contribution in [3.8, 4) is 0 Å². The van der Waals surface area contributed by atoms with E-state index >= 15 is 0 Å². The highest BCUT2D eigenvalue weighted by molar-refractivity contribution is 7.62. The highest BCUT2D eigenvalue weighted by Crippen LogP contribution is 2.47. The van der Waals surface area contributed by atoms with E-state index in [-0.39, 0.29) is 11.3 Å². The fourth-order valence-electron chi connectivity index (χ4n) is 2.64. The van der Waals surface area contributed by atoms with Crippen LogP contribution in [0.5, 0.6) is 0 Å². The van der Waals surface area contributed by atoms with Crippen LogP contribution in [-0.2, 0) is 20.0 Å². The Balaban J connectivity index is 1.81. The zero-order valence-corrected chi connectivity index (χ0v) is 16.8. The van der Waals surface area contributed by atoms with E-state index in [9.17, 15) is 4.57 Å². The van der Waals surface area contributed by atoms with Crippen LogP contribution in [0.3, 0.4) is 0 Å². The quantitative estimate of drug-likeness (QED) is 0.531. The number of rotatable bonds is 9. The van der Waals surface area contributed by atoms with Gasteiger partial charge < -0.3 is 18.8 Å². The van der Waals surface area contributed by atoms with Gasteiger partial charge in [-0.2, -0.15) is 4.98 Å². The third-order valence-electron chi connectivity index (χ3n) is 4.13. The number of aromatic nitrogens is 1. The summed E-state index contributed by atoms with van der Waals surface area (Å²) in [7, 11) is -0.908. The molecule has 0 fully saturated rings. The average Bonchev–Trinajstić information content (AvgIpc) is 3.17. The molecule has 28 heavy (non-hydrogen) atoms. The van der Waals surface area contributed by atoms with E-state index in [0.717, 1.165) is 12.0 Å². The lowest BCUT2D eigenvalue weighted by Crippen LogP contribution is -2.16. The summed E-state index contributed by atoms with van der Waals surface area (Å²) in [6.45, 7) is 0.585. The van der Waals surface area contributed by atoms with Crippen LogP contribution in [0.4, 0.5) is 5.88 Å². The fourth-order valence-corrected chi connectivity index (χ4v) is 3.73. The zero-order chi connectivity index (χ0) is 19.8. The Morgan fingerprint density at radius 2 is 1.64 bits per heavy atom. The van der Waals surface area contributed by atoms with Crippen molar-refractivity contribution in [2.24, 2.45) is 0 Å². The van der Waals surface area contributed by atoms with Crippen molar-refractivity contribution >= 4 is 31.1 Å². The number of anilines is 1. The van der Waals surface area contributed by atoms with Gasteiger partial charge in [-0.15, -0.1) is 0 Å². The van der Waals surface area contributed by atoms with Crippen molar-refractivity contribution in [1.82, 2.24) is 4.98 Å². The number of oxazole rings is 1. The van der Waals surface area contributed by atoms with Crippen molar-refractivity contribution in [3.63, 3.8) is 0 Å². The number of benzene rings is 2. The van der Waals surface area contributed by atoms with Crippen LogP contribution in [0, 0.1) is 0 Å². The first-order valence-electron chi connectivity index (χ1n) is 8.88. The second kappa shape index (κ2) is 9.51. The molecule has 3 rings (SSSR count). The van der Waals surface area contributed by atoms with Gasteiger partial charge in [0.2, 0.25) is 17.2 Å². The van der Waals surface area contributed by atoms with Crippen LogP contribution in [0.1, 0.15) is 17.0 Å². The van der Waals surface area contributed by atoms with Gasteiger partial charge in [-0.1, -0.05) is 60.7 Å². The summed E-state index contributed by atoms with van der Waals surface area (Å²) in [6, 6.07) is 19.8. The van der Waals surface area contributed by atoms with E-state index in [2.05, 4.69) is 10.3 Å². The van der Waals surface area contributed by atoms with Crippen molar-refractivity contribution in [2.75, 3.05) is 26.1 Å². The summed E-state index contributed by atoms with van der Waals surface area (Å²) in [4.78, 5) is 4.34. The number of nitrogens with one attached hydrogen (secondary N) is 1. The van der Waals surface area contributed by atoms with Crippen LogP contribution >= 0.6 is 7.60 Å². The number of hydrogen-bond donors (Lipinski definition) is 1. The molecule has 0 saturated carbocycles. The topological polar surface area (TPSA) is 73.6 Å². The van der Waals surface area contributed by atoms with Crippen LogP contribution in [0.15, 0.2) is 65.1 Å². The molecule has 0 unspecified atom stereocenters. The molecule has 0 bridgehead atoms. The Hall–Kier alpha value is -2.66. The third kappa shape index (κ3) is 4.98. The van der Waals surface area contributed by atoms with Gasteiger partial charge in [0, 0.05) is 26.8 Å². The molecule has 0 aliphatic heterocycles. The van der Waals surface area contributed by atoms with E-state index < -0.39 is 7.60 Å². The van der Waals surface area contributed by atoms with Gasteiger partial charge >= 0.3 is 7.60 Å². The largest absolute Gasteiger partial charge is 0.420 e. The molecule has 6 nitrogen and oxygen atoms in total. The molecule has 0 spiro atoms. The highest BCUT2D eigenvalue weighted by atomic mass is 31.2. The van der Waals surface area contributed by atoms with Gasteiger partial charge in [0.25, 0.3) is 0 Å². The van der Waals surface area contributed by atoms with E-state index in [1.807, 2.05) is 66.7 Å². The smallest absolute Gasteiger partial charge is 0.384 e. The van der Waals surface area contributed by atoms with E-state index in [1.54, 1.807) is 6.08 Å². The molecule has 0 amide bonds. The predicted octanol–water partition coefficient (Wildman–Crippen LogP) is 4.61. The van der Waals surface area contributed by atoms with Crippen molar-refractivity contribution in [3.05, 3.63) is 77.7 Å². The van der Waals surface area contributed by atoms with Gasteiger partial charge in [-0.3, -0.25) is 4.57 Å². The maximum absolute atomic E-state index is 12.9. The standard InChI is InChI=1S/C21H23N2O4P/c1-25-28(24,26-2)21-20(22-16-15-18-11-7-4-8-12-18)27-19(23-21)14-13-17-9-5-3-6-10-17/h3-14,22H,15-16H2,1-2H3. The summed E-state index contributed by atoms with van der Waals surface area (Å²) in [6.07, 6.45) is 4.37. The average molecular weight is 398 g/mol. The Morgan fingerprint density at radius 1 is 1.00 bits per heavy atom. The van der Waals surface area contributed by atoms with Gasteiger partial charge in [0.15, 0.2) is 0 Å². The maximum Gasteiger partial charge on any atom is 0.384 e. The van der Waals surface area contributed by atoms with Gasteiger partial charge in [0.05, 0.1) is 0 Å². The molecule has 0 atom stereocenters. The first-order valence-corrected chi connectivity index (χ1v) is 10.4. The lowest BCUT2D eigenvalue weighted by atomic mass is 10.1. The molecule has 1 N–H and O–H groups in total. The van der Waals surface area contributed by atoms with Crippen LogP contribution < -0.4 is 10.8 Å². The van der Waals surface area contributed by atoms with Gasteiger partial charge in [0.1, 0.15) is 0 Å². The van der Waals surface area contributed by atoms with E-state index in [4.69, 9.17) is 13.5 Å². The number of nitrogens with zero attached hydrogens (tertiary/aromatic N) is 1. The molecule has 1 heterocycles. The predicted molar refractivity (Wildman–Crippen MR) is 112 cm³/mol. The lowest BCUT2D eigenvalue weighted by molar-refractivity contribution is 0.286. The molecule has 1 aromatic heterocycles. The summed E-state index contributed by atoms with van der Waals surface area (Å²) in [5.41, 5.74) is 2.32. The van der Waals surface area contributed by atoms with Crippen molar-refractivity contribution in [2.45, 2.75) is 6.42 Å². The van der Waals surface area contributed by atoms with E-state index in [1.165, 1.54) is 19.8 Å². The first kappa shape index (κ1) is 20.1. The first-order chi connectivity index (χ1) is 13.6. The molecular weight excluding hydrogens is 375 g/mol. The second-order valence-corrected chi connectivity index (χ2v) is 8.12. The molecular formula is C21H23N2O4P. The third-order valence-corrected chi connectivity index (χ3v) is 5.91. The fraction of sp³-hybridized carbons (Fsp3) is 0.190. The van der Waals surface area contributed by atoms with E-state index in [0.29, 0.717) is 12.4 Å². The van der Waals surface area contributed by atoms with Crippen molar-refractivity contribution in [1.29, 1.82) is 0 Å². The molecule has 0 radical (unpaired) electrons. The molecule has 146 valence electrons. The Bertz CT molecular complexity index is 947. The van der Waals surface area contributed by atoms with Gasteiger partial charge in [-0.25, -0.2) is 0 Å². The minimum atomic E-state index is -3.56. The van der Waals surface area contributed by atoms with Crippen LogP contribution in [0.2, 0.25) is 0 Å². The maximum atomic E-state index is 12.9. The summed E-state index contributed by atoms with van der Waals surface area (Å²) in [5.74, 6) is 0.603. The zero-order valence-electron chi connectivity index (χ0n) is 15.9. The second-order valence-electron chi connectivity index (χ2n) is 5.97. The normalized spacial score (nSPS) is 11.8. The summed E-state index contributed by atoms with van der Waals surface area (Å²) >= 11 is 0. The summed E-state index contributed by atoms with van der Waals surface area (Å²) < 4.78 is 28.8. The van der Waals surface area contributed by atoms with Crippen LogP contribution in [-0.4, -0.2) is 25.7 Å². The molecule has 7 heteroatoms. The minimum absolute atomic E-state index is 0.137. The highest BCUT2D eigenvalue weighted by Gasteiger charge is 2.33. The van der Waals surface area contributed by atoms with Crippen LogP contribution in [0.25, 0.3) is 12.2 Å². The summed E-state index contributed by atoms with van der Waals surface area (Å²) in [5, 5.41) is 3.16. The van der Waals surface area contributed by atoms with Gasteiger partial charge in [-0.05, 0) is 23.6 Å². The SMILES string of the molecule is COP(=O)(OC)c1nc(C=Cc2ccccc2)oc1NCCc1ccccc1. The lowest BCUT2D eigenvalue weighted by Gasteiger charge is -2.12. The molecule has 0 saturated heterocycles. The van der Waals surface area contributed by atoms with Crippen molar-refractivity contribution < 1.29 is 18.0 Å². The molecule has 0 aliphatic carbocycles. The minimum Gasteiger partial charge on any atom is -0.420 e. The Kier molecular flexibility index (Phi) is 6.82. The molecule has 0 aliphatic rings. The Labute approximate surface area is 164 Å². The monoisotopic (exact) mass is 398 g/mol. The molecule has 3 aromatic rings. The number of hydrogen-bond acceptors (Lipinski definition) is 6. The molecule has 2 aromatic carbocycles. The Morgan fingerprint density at radius 3 is 2.29 bits per heavy atom.